The van der Waals surface area contributed by atoms with Gasteiger partial charge in [-0.25, -0.2) is 8.42 Å². The fourth-order valence-corrected chi connectivity index (χ4v) is 4.67. The van der Waals surface area contributed by atoms with Crippen LogP contribution in [0, 0.1) is 6.92 Å². The lowest BCUT2D eigenvalue weighted by Gasteiger charge is -2.33. The predicted octanol–water partition coefficient (Wildman–Crippen LogP) is 2.68. The molecule has 146 valence electrons. The van der Waals surface area contributed by atoms with Crippen molar-refractivity contribution in [2.75, 3.05) is 26.2 Å². The quantitative estimate of drug-likeness (QED) is 0.760. The molecule has 0 spiro atoms. The van der Waals surface area contributed by atoms with Crippen LogP contribution in [0.1, 0.15) is 25.1 Å². The van der Waals surface area contributed by atoms with Crippen LogP contribution in [-0.4, -0.2) is 54.9 Å². The number of sulfonamides is 1. The van der Waals surface area contributed by atoms with E-state index in [4.69, 9.17) is 4.74 Å². The lowest BCUT2D eigenvalue weighted by molar-refractivity contribution is 0.180. The lowest BCUT2D eigenvalue weighted by Crippen LogP contribution is -2.48. The molecule has 2 heterocycles. The Labute approximate surface area is 161 Å². The summed E-state index contributed by atoms with van der Waals surface area (Å²) in [5.41, 5.74) is 1.84. The van der Waals surface area contributed by atoms with Crippen LogP contribution in [-0.2, 0) is 16.6 Å². The molecule has 3 rings (SSSR count). The molecule has 0 unspecified atom stereocenters. The standard InChI is InChI=1S/C20H27N3O3S/c1-16(2)26-20-8-7-19(14-17(20)3)27(24,25)23-12-10-22(11-13-23)15-18-6-4-5-9-21-18/h4-9,14,16H,10-13,15H2,1-3H3. The van der Waals surface area contributed by atoms with Crippen molar-refractivity contribution in [1.29, 1.82) is 0 Å². The highest BCUT2D eigenvalue weighted by Crippen LogP contribution is 2.25. The Morgan fingerprint density at radius 1 is 1.11 bits per heavy atom. The number of benzene rings is 1. The third-order valence-electron chi connectivity index (χ3n) is 4.59. The summed E-state index contributed by atoms with van der Waals surface area (Å²) in [6, 6.07) is 10.9. The van der Waals surface area contributed by atoms with Gasteiger partial charge in [0.05, 0.1) is 16.7 Å². The molecular formula is C20H27N3O3S. The molecule has 0 amide bonds. The third kappa shape index (κ3) is 4.86. The van der Waals surface area contributed by atoms with Gasteiger partial charge in [0.25, 0.3) is 0 Å². The topological polar surface area (TPSA) is 62.7 Å². The van der Waals surface area contributed by atoms with Gasteiger partial charge in [-0.3, -0.25) is 9.88 Å². The zero-order chi connectivity index (χ0) is 19.4. The van der Waals surface area contributed by atoms with Crippen LogP contribution >= 0.6 is 0 Å². The molecule has 1 aliphatic heterocycles. The van der Waals surface area contributed by atoms with Crippen LogP contribution in [0.25, 0.3) is 0 Å². The molecular weight excluding hydrogens is 362 g/mol. The Bertz CT molecular complexity index is 861. The summed E-state index contributed by atoms with van der Waals surface area (Å²) >= 11 is 0. The maximum atomic E-state index is 13.0. The largest absolute Gasteiger partial charge is 0.491 e. The Morgan fingerprint density at radius 3 is 2.44 bits per heavy atom. The summed E-state index contributed by atoms with van der Waals surface area (Å²) in [5, 5.41) is 0. The Hall–Kier alpha value is -1.96. The number of nitrogens with zero attached hydrogens (tertiary/aromatic N) is 3. The van der Waals surface area contributed by atoms with E-state index >= 15 is 0 Å². The van der Waals surface area contributed by atoms with E-state index in [-0.39, 0.29) is 6.10 Å². The van der Waals surface area contributed by atoms with E-state index in [1.807, 2.05) is 39.0 Å². The van der Waals surface area contributed by atoms with Gasteiger partial charge in [0.1, 0.15) is 5.75 Å². The van der Waals surface area contributed by atoms with Gasteiger partial charge in [-0.05, 0) is 56.7 Å². The maximum absolute atomic E-state index is 13.0. The molecule has 0 radical (unpaired) electrons. The van der Waals surface area contributed by atoms with Gasteiger partial charge in [0, 0.05) is 38.9 Å². The van der Waals surface area contributed by atoms with Crippen molar-refractivity contribution in [2.45, 2.75) is 38.3 Å². The van der Waals surface area contributed by atoms with Crippen LogP contribution in [0.2, 0.25) is 0 Å². The molecule has 1 aromatic heterocycles. The highest BCUT2D eigenvalue weighted by molar-refractivity contribution is 7.89. The molecule has 27 heavy (non-hydrogen) atoms. The van der Waals surface area contributed by atoms with Crippen LogP contribution in [0.15, 0.2) is 47.5 Å². The average Bonchev–Trinajstić information content (AvgIpc) is 2.64. The number of hydrogen-bond donors (Lipinski definition) is 0. The number of rotatable bonds is 6. The van der Waals surface area contributed by atoms with E-state index in [2.05, 4.69) is 9.88 Å². The van der Waals surface area contributed by atoms with Crippen molar-refractivity contribution in [3.63, 3.8) is 0 Å². The molecule has 0 bridgehead atoms. The minimum atomic E-state index is -3.49. The second-order valence-electron chi connectivity index (χ2n) is 7.10. The molecule has 1 aromatic carbocycles. The first-order valence-electron chi connectivity index (χ1n) is 9.26. The van der Waals surface area contributed by atoms with Gasteiger partial charge in [-0.1, -0.05) is 6.07 Å². The molecule has 6 nitrogen and oxygen atoms in total. The van der Waals surface area contributed by atoms with Crippen molar-refractivity contribution in [3.05, 3.63) is 53.9 Å². The Morgan fingerprint density at radius 2 is 1.85 bits per heavy atom. The first kappa shape index (κ1) is 19.8. The Kier molecular flexibility index (Phi) is 6.14. The highest BCUT2D eigenvalue weighted by atomic mass is 32.2. The molecule has 1 aliphatic rings. The normalized spacial score (nSPS) is 16.6. The van der Waals surface area contributed by atoms with Crippen LogP contribution in [0.3, 0.4) is 0 Å². The van der Waals surface area contributed by atoms with Crippen LogP contribution < -0.4 is 4.74 Å². The second-order valence-corrected chi connectivity index (χ2v) is 9.03. The summed E-state index contributed by atoms with van der Waals surface area (Å²) in [6.07, 6.45) is 1.84. The summed E-state index contributed by atoms with van der Waals surface area (Å²) in [4.78, 5) is 6.90. The second kappa shape index (κ2) is 8.37. The zero-order valence-electron chi connectivity index (χ0n) is 16.1. The molecule has 7 heteroatoms. The highest BCUT2D eigenvalue weighted by Gasteiger charge is 2.29. The smallest absolute Gasteiger partial charge is 0.243 e. The molecule has 1 fully saturated rings. The van der Waals surface area contributed by atoms with E-state index in [0.717, 1.165) is 23.6 Å². The minimum absolute atomic E-state index is 0.0540. The summed E-state index contributed by atoms with van der Waals surface area (Å²) < 4.78 is 33.3. The van der Waals surface area contributed by atoms with Gasteiger partial charge in [-0.2, -0.15) is 4.31 Å². The zero-order valence-corrected chi connectivity index (χ0v) is 16.9. The molecule has 1 saturated heterocycles. The molecule has 0 saturated carbocycles. The van der Waals surface area contributed by atoms with Crippen molar-refractivity contribution < 1.29 is 13.2 Å². The van der Waals surface area contributed by atoms with Gasteiger partial charge in [0.15, 0.2) is 0 Å². The average molecular weight is 390 g/mol. The van der Waals surface area contributed by atoms with Gasteiger partial charge in [0.2, 0.25) is 10.0 Å². The van der Waals surface area contributed by atoms with Crippen LogP contribution in [0.4, 0.5) is 0 Å². The fourth-order valence-electron chi connectivity index (χ4n) is 3.17. The van der Waals surface area contributed by atoms with Gasteiger partial charge in [-0.15, -0.1) is 0 Å². The summed E-state index contributed by atoms with van der Waals surface area (Å²) in [6.45, 7) is 8.89. The van der Waals surface area contributed by atoms with Gasteiger partial charge >= 0.3 is 0 Å². The van der Waals surface area contributed by atoms with E-state index in [1.54, 1.807) is 28.7 Å². The summed E-state index contributed by atoms with van der Waals surface area (Å²) in [7, 11) is -3.49. The first-order chi connectivity index (χ1) is 12.9. The summed E-state index contributed by atoms with van der Waals surface area (Å²) in [5.74, 6) is 0.726. The van der Waals surface area contributed by atoms with Crippen molar-refractivity contribution in [1.82, 2.24) is 14.2 Å². The molecule has 2 aromatic rings. The van der Waals surface area contributed by atoms with E-state index in [1.165, 1.54) is 0 Å². The van der Waals surface area contributed by atoms with Crippen molar-refractivity contribution >= 4 is 10.0 Å². The van der Waals surface area contributed by atoms with E-state index < -0.39 is 10.0 Å². The number of aromatic nitrogens is 1. The molecule has 0 aliphatic carbocycles. The van der Waals surface area contributed by atoms with E-state index in [9.17, 15) is 8.42 Å². The fraction of sp³-hybridized carbons (Fsp3) is 0.450. The molecule has 0 N–H and O–H groups in total. The monoisotopic (exact) mass is 389 g/mol. The van der Waals surface area contributed by atoms with Crippen molar-refractivity contribution in [3.8, 4) is 5.75 Å². The van der Waals surface area contributed by atoms with Gasteiger partial charge < -0.3 is 4.74 Å². The third-order valence-corrected chi connectivity index (χ3v) is 6.48. The molecule has 0 atom stereocenters. The number of pyridine rings is 1. The minimum Gasteiger partial charge on any atom is -0.491 e. The maximum Gasteiger partial charge on any atom is 0.243 e. The number of ether oxygens (including phenoxy) is 1. The number of piperazine rings is 1. The van der Waals surface area contributed by atoms with Crippen molar-refractivity contribution in [2.24, 2.45) is 0 Å². The SMILES string of the molecule is Cc1cc(S(=O)(=O)N2CCN(Cc3ccccn3)CC2)ccc1OC(C)C. The first-order valence-corrected chi connectivity index (χ1v) is 10.7. The predicted molar refractivity (Wildman–Crippen MR) is 105 cm³/mol. The number of hydrogen-bond acceptors (Lipinski definition) is 5. The number of aryl methyl sites for hydroxylation is 1. The Balaban J connectivity index is 1.65. The van der Waals surface area contributed by atoms with E-state index in [0.29, 0.717) is 31.1 Å². The van der Waals surface area contributed by atoms with Crippen LogP contribution in [0.5, 0.6) is 5.75 Å². The lowest BCUT2D eigenvalue weighted by atomic mass is 10.2.